The molecular weight excluding hydrogens is 376 g/mol. The Bertz CT molecular complexity index is 1030. The topological polar surface area (TPSA) is 86.9 Å². The number of hydrogen-bond acceptors (Lipinski definition) is 7. The number of anilines is 1. The summed E-state index contributed by atoms with van der Waals surface area (Å²) in [6.45, 7) is 5.10. The maximum absolute atomic E-state index is 12.4. The second-order valence-corrected chi connectivity index (χ2v) is 8.54. The van der Waals surface area contributed by atoms with E-state index in [0.29, 0.717) is 36.6 Å². The van der Waals surface area contributed by atoms with Crippen molar-refractivity contribution in [2.24, 2.45) is 20.0 Å². The van der Waals surface area contributed by atoms with E-state index >= 15 is 0 Å². The van der Waals surface area contributed by atoms with Crippen molar-refractivity contribution in [3.8, 4) is 5.88 Å². The quantitative estimate of drug-likeness (QED) is 0.655. The minimum atomic E-state index is -0.185. The lowest BCUT2D eigenvalue weighted by Gasteiger charge is -2.10. The number of aromatic nitrogens is 5. The molecule has 3 aromatic heterocycles. The van der Waals surface area contributed by atoms with Gasteiger partial charge in [0.2, 0.25) is 5.88 Å². The molecule has 4 rings (SSSR count). The summed E-state index contributed by atoms with van der Waals surface area (Å²) in [5.74, 6) is 1.33. The molecule has 0 bridgehead atoms. The van der Waals surface area contributed by atoms with Gasteiger partial charge in [-0.2, -0.15) is 5.10 Å². The van der Waals surface area contributed by atoms with Crippen LogP contribution in [-0.2, 0) is 20.6 Å². The molecule has 3 aromatic rings. The fraction of sp³-hybridized carbons (Fsp3) is 0.474. The summed E-state index contributed by atoms with van der Waals surface area (Å²) in [5.41, 5.74) is 2.42. The van der Waals surface area contributed by atoms with E-state index in [1.165, 1.54) is 9.56 Å². The number of hydrogen-bond donors (Lipinski definition) is 1. The van der Waals surface area contributed by atoms with E-state index < -0.39 is 0 Å². The summed E-state index contributed by atoms with van der Waals surface area (Å²) in [6, 6.07) is 3.73. The fourth-order valence-corrected chi connectivity index (χ4v) is 4.06. The number of nitrogens with zero attached hydrogens (tertiary/aromatic N) is 5. The van der Waals surface area contributed by atoms with Gasteiger partial charge in [-0.05, 0) is 26.3 Å². The summed E-state index contributed by atoms with van der Waals surface area (Å²) < 4.78 is 9.01. The second-order valence-electron chi connectivity index (χ2n) is 7.26. The third-order valence-electron chi connectivity index (χ3n) is 5.03. The predicted octanol–water partition coefficient (Wildman–Crippen LogP) is 2.38. The molecule has 0 aliphatic heterocycles. The Morgan fingerprint density at radius 2 is 2.14 bits per heavy atom. The summed E-state index contributed by atoms with van der Waals surface area (Å²) in [5, 5.41) is 12.8. The minimum Gasteiger partial charge on any atom is -0.476 e. The van der Waals surface area contributed by atoms with Crippen molar-refractivity contribution >= 4 is 17.0 Å². The van der Waals surface area contributed by atoms with Crippen molar-refractivity contribution in [1.82, 2.24) is 24.5 Å². The smallest absolute Gasteiger partial charge is 0.290 e. The van der Waals surface area contributed by atoms with Crippen LogP contribution in [0.5, 0.6) is 5.88 Å². The van der Waals surface area contributed by atoms with Gasteiger partial charge in [0, 0.05) is 43.1 Å². The molecule has 0 aromatic carbocycles. The third-order valence-corrected chi connectivity index (χ3v) is 6.10. The van der Waals surface area contributed by atoms with Gasteiger partial charge in [-0.25, -0.2) is 9.67 Å². The highest BCUT2D eigenvalue weighted by molar-refractivity contribution is 7.11. The first kappa shape index (κ1) is 18.7. The standard InChI is InChI=1S/C19H24N6O2S/c1-11-12(2)28-18(21-11)9-20-16-8-17(23-25(4)19(16)26)27-10-13-7-14(13)15-5-6-24(3)22-15/h5-6,8,13-14,20H,7,9-10H2,1-4H3. The minimum absolute atomic E-state index is 0.185. The van der Waals surface area contributed by atoms with Crippen molar-refractivity contribution in [2.45, 2.75) is 32.7 Å². The molecule has 1 saturated carbocycles. The molecular formula is C19H24N6O2S. The third kappa shape index (κ3) is 3.94. The van der Waals surface area contributed by atoms with Gasteiger partial charge in [0.25, 0.3) is 5.56 Å². The molecule has 2 atom stereocenters. The Morgan fingerprint density at radius 3 is 2.82 bits per heavy atom. The zero-order chi connectivity index (χ0) is 19.8. The van der Waals surface area contributed by atoms with Crippen molar-refractivity contribution in [3.05, 3.63) is 50.0 Å². The molecule has 0 saturated heterocycles. The van der Waals surface area contributed by atoms with Gasteiger partial charge in [0.05, 0.1) is 24.5 Å². The largest absolute Gasteiger partial charge is 0.476 e. The van der Waals surface area contributed by atoms with Crippen molar-refractivity contribution in [2.75, 3.05) is 11.9 Å². The number of rotatable bonds is 7. The first-order chi connectivity index (χ1) is 13.4. The van der Waals surface area contributed by atoms with Gasteiger partial charge in [-0.1, -0.05) is 0 Å². The van der Waals surface area contributed by atoms with Crippen LogP contribution in [0.15, 0.2) is 23.1 Å². The van der Waals surface area contributed by atoms with Crippen LogP contribution in [-0.4, -0.2) is 31.2 Å². The normalized spacial score (nSPS) is 18.3. The zero-order valence-electron chi connectivity index (χ0n) is 16.5. The van der Waals surface area contributed by atoms with Crippen molar-refractivity contribution in [1.29, 1.82) is 0 Å². The predicted molar refractivity (Wildman–Crippen MR) is 108 cm³/mol. The average Bonchev–Trinajstić information content (AvgIpc) is 3.19. The van der Waals surface area contributed by atoms with Crippen LogP contribution in [0, 0.1) is 19.8 Å². The van der Waals surface area contributed by atoms with Crippen LogP contribution in [0.3, 0.4) is 0 Å². The van der Waals surface area contributed by atoms with Gasteiger partial charge < -0.3 is 10.1 Å². The summed E-state index contributed by atoms with van der Waals surface area (Å²) in [7, 11) is 3.56. The lowest BCUT2D eigenvalue weighted by molar-refractivity contribution is 0.278. The van der Waals surface area contributed by atoms with Gasteiger partial charge >= 0.3 is 0 Å². The van der Waals surface area contributed by atoms with E-state index in [-0.39, 0.29) is 5.56 Å². The van der Waals surface area contributed by atoms with E-state index in [9.17, 15) is 4.79 Å². The molecule has 9 heteroatoms. The Morgan fingerprint density at radius 1 is 1.32 bits per heavy atom. The lowest BCUT2D eigenvalue weighted by atomic mass is 10.2. The first-order valence-electron chi connectivity index (χ1n) is 9.28. The molecule has 0 spiro atoms. The number of ether oxygens (including phenoxy) is 1. The van der Waals surface area contributed by atoms with Crippen molar-refractivity contribution in [3.63, 3.8) is 0 Å². The highest BCUT2D eigenvalue weighted by Crippen LogP contribution is 2.46. The molecule has 3 heterocycles. The zero-order valence-corrected chi connectivity index (χ0v) is 17.3. The maximum atomic E-state index is 12.4. The van der Waals surface area contributed by atoms with Crippen LogP contribution >= 0.6 is 11.3 Å². The van der Waals surface area contributed by atoms with Gasteiger partial charge in [0.1, 0.15) is 10.7 Å². The Hall–Kier alpha value is -2.68. The van der Waals surface area contributed by atoms with Crippen LogP contribution < -0.4 is 15.6 Å². The molecule has 1 aliphatic carbocycles. The summed E-state index contributed by atoms with van der Waals surface area (Å²) in [6.07, 6.45) is 3.03. The van der Waals surface area contributed by atoms with Gasteiger partial charge in [0.15, 0.2) is 0 Å². The highest BCUT2D eigenvalue weighted by Gasteiger charge is 2.40. The van der Waals surface area contributed by atoms with Crippen molar-refractivity contribution < 1.29 is 4.74 Å². The van der Waals surface area contributed by atoms with Crippen LogP contribution in [0.2, 0.25) is 0 Å². The highest BCUT2D eigenvalue weighted by atomic mass is 32.1. The monoisotopic (exact) mass is 400 g/mol. The molecule has 1 fully saturated rings. The molecule has 2 unspecified atom stereocenters. The van der Waals surface area contributed by atoms with E-state index in [2.05, 4.69) is 26.6 Å². The molecule has 0 radical (unpaired) electrons. The van der Waals surface area contributed by atoms with Gasteiger partial charge in [-0.3, -0.25) is 9.48 Å². The molecule has 1 aliphatic rings. The molecule has 148 valence electrons. The SMILES string of the molecule is Cc1nc(CNc2cc(OCC3CC3c3ccn(C)n3)nn(C)c2=O)sc1C. The number of aryl methyl sites for hydroxylation is 4. The fourth-order valence-electron chi connectivity index (χ4n) is 3.18. The van der Waals surface area contributed by atoms with Crippen LogP contribution in [0.4, 0.5) is 5.69 Å². The maximum Gasteiger partial charge on any atom is 0.290 e. The van der Waals surface area contributed by atoms with Crippen LogP contribution in [0.1, 0.15) is 33.6 Å². The Balaban J connectivity index is 1.39. The number of nitrogens with one attached hydrogen (secondary N) is 1. The lowest BCUT2D eigenvalue weighted by Crippen LogP contribution is -2.24. The molecule has 1 N–H and O–H groups in total. The average molecular weight is 401 g/mol. The first-order valence-corrected chi connectivity index (χ1v) is 10.1. The van der Waals surface area contributed by atoms with Gasteiger partial charge in [-0.15, -0.1) is 16.4 Å². The van der Waals surface area contributed by atoms with E-state index in [0.717, 1.165) is 22.8 Å². The molecule has 0 amide bonds. The molecule has 28 heavy (non-hydrogen) atoms. The summed E-state index contributed by atoms with van der Waals surface area (Å²) in [4.78, 5) is 18.0. The van der Waals surface area contributed by atoms with Crippen LogP contribution in [0.25, 0.3) is 0 Å². The molecule has 8 nitrogen and oxygen atoms in total. The Kier molecular flexibility index (Phi) is 4.92. The Labute approximate surface area is 167 Å². The summed E-state index contributed by atoms with van der Waals surface area (Å²) >= 11 is 1.63. The van der Waals surface area contributed by atoms with E-state index in [4.69, 9.17) is 4.74 Å². The van der Waals surface area contributed by atoms with E-state index in [1.54, 1.807) is 24.5 Å². The van der Waals surface area contributed by atoms with E-state index in [1.807, 2.05) is 31.8 Å². The second kappa shape index (κ2) is 7.38. The number of thiazole rings is 1.